The first-order chi connectivity index (χ1) is 14.1. The third-order valence-corrected chi connectivity index (χ3v) is 7.13. The number of hydrogen-bond acceptors (Lipinski definition) is 5. The van der Waals surface area contributed by atoms with Crippen LogP contribution < -0.4 is 4.74 Å². The molecule has 1 fully saturated rings. The summed E-state index contributed by atoms with van der Waals surface area (Å²) in [5, 5.41) is 1.10. The molecule has 0 N–H and O–H groups in total. The Morgan fingerprint density at radius 2 is 2.03 bits per heavy atom. The quantitative estimate of drug-likeness (QED) is 0.545. The lowest BCUT2D eigenvalue weighted by atomic mass is 9.96. The molecule has 1 saturated heterocycles. The average Bonchev–Trinajstić information content (AvgIpc) is 3.34. The number of hydrogen-bond donors (Lipinski definition) is 0. The first-order valence-corrected chi connectivity index (χ1v) is 11.6. The van der Waals surface area contributed by atoms with Gasteiger partial charge in [-0.2, -0.15) is 0 Å². The molecule has 0 saturated carbocycles. The molecule has 4 rings (SSSR count). The molecule has 1 aromatic heterocycles. The molecular weight excluding hydrogens is 378 g/mol. The van der Waals surface area contributed by atoms with E-state index in [9.17, 15) is 0 Å². The highest BCUT2D eigenvalue weighted by Gasteiger charge is 2.33. The van der Waals surface area contributed by atoms with Gasteiger partial charge >= 0.3 is 0 Å². The molecule has 0 spiro atoms. The van der Waals surface area contributed by atoms with Gasteiger partial charge in [-0.1, -0.05) is 18.6 Å². The Kier molecular flexibility index (Phi) is 6.46. The largest absolute Gasteiger partial charge is 0.494 e. The van der Waals surface area contributed by atoms with Crippen LogP contribution in [0.25, 0.3) is 0 Å². The van der Waals surface area contributed by atoms with E-state index < -0.39 is 0 Å². The molecule has 1 aromatic carbocycles. The van der Waals surface area contributed by atoms with Crippen molar-refractivity contribution in [3.8, 4) is 5.75 Å². The van der Waals surface area contributed by atoms with E-state index in [1.54, 1.807) is 11.3 Å². The zero-order valence-electron chi connectivity index (χ0n) is 17.6. The highest BCUT2D eigenvalue weighted by Crippen LogP contribution is 2.38. The Labute approximate surface area is 178 Å². The van der Waals surface area contributed by atoms with Crippen LogP contribution in [0.3, 0.4) is 0 Å². The summed E-state index contributed by atoms with van der Waals surface area (Å²) in [7, 11) is 0. The molecule has 1 unspecified atom stereocenters. The zero-order chi connectivity index (χ0) is 20.1. The van der Waals surface area contributed by atoms with Crippen LogP contribution in [0.2, 0.25) is 0 Å². The van der Waals surface area contributed by atoms with E-state index in [1.807, 2.05) is 12.3 Å². The number of ether oxygens (including phenoxy) is 1. The van der Waals surface area contributed by atoms with Crippen molar-refractivity contribution in [2.24, 2.45) is 4.99 Å². The molecule has 3 heterocycles. The zero-order valence-corrected chi connectivity index (χ0v) is 18.4. The highest BCUT2D eigenvalue weighted by atomic mass is 32.1. The van der Waals surface area contributed by atoms with Gasteiger partial charge in [0.05, 0.1) is 12.3 Å². The molecule has 154 valence electrons. The van der Waals surface area contributed by atoms with E-state index >= 15 is 0 Å². The fourth-order valence-corrected chi connectivity index (χ4v) is 5.17. The van der Waals surface area contributed by atoms with Crippen LogP contribution in [0, 0.1) is 13.8 Å². The SMILES string of the molecule is Cc1nc(C2(CCCOc3cccc(CN4CCCCC4)c3)C=CC=N2)sc1C. The standard InChI is InChI=1S/C24H31N3OS/c1-19-20(2)29-23(26-19)24(11-7-13-25-24)12-8-16-28-22-10-6-9-21(17-22)18-27-14-4-3-5-15-27/h6-7,9-11,13,17H,3-5,8,12,14-16,18H2,1-2H3. The minimum Gasteiger partial charge on any atom is -0.494 e. The molecule has 29 heavy (non-hydrogen) atoms. The van der Waals surface area contributed by atoms with Crippen molar-refractivity contribution in [1.82, 2.24) is 9.88 Å². The molecule has 2 aliphatic heterocycles. The maximum absolute atomic E-state index is 6.09. The van der Waals surface area contributed by atoms with Crippen LogP contribution >= 0.6 is 11.3 Å². The van der Waals surface area contributed by atoms with Gasteiger partial charge in [0.15, 0.2) is 0 Å². The minimum atomic E-state index is -0.302. The van der Waals surface area contributed by atoms with E-state index in [-0.39, 0.29) is 5.54 Å². The third kappa shape index (κ3) is 4.96. The number of thiazole rings is 1. The van der Waals surface area contributed by atoms with Gasteiger partial charge in [-0.25, -0.2) is 4.98 Å². The second kappa shape index (κ2) is 9.23. The molecular formula is C24H31N3OS. The summed E-state index contributed by atoms with van der Waals surface area (Å²) in [5.41, 5.74) is 2.16. The van der Waals surface area contributed by atoms with Gasteiger partial charge in [-0.3, -0.25) is 9.89 Å². The smallest absolute Gasteiger partial charge is 0.131 e. The Morgan fingerprint density at radius 3 is 2.76 bits per heavy atom. The summed E-state index contributed by atoms with van der Waals surface area (Å²) < 4.78 is 6.09. The Morgan fingerprint density at radius 1 is 1.17 bits per heavy atom. The van der Waals surface area contributed by atoms with Gasteiger partial charge < -0.3 is 4.74 Å². The normalized spacial score (nSPS) is 21.7. The van der Waals surface area contributed by atoms with Gasteiger partial charge in [-0.05, 0) is 82.5 Å². The first-order valence-electron chi connectivity index (χ1n) is 10.8. The van der Waals surface area contributed by atoms with Crippen molar-refractivity contribution in [2.45, 2.75) is 58.0 Å². The summed E-state index contributed by atoms with van der Waals surface area (Å²) in [6.07, 6.45) is 12.0. The van der Waals surface area contributed by atoms with Crippen molar-refractivity contribution in [1.29, 1.82) is 0 Å². The molecule has 1 atom stereocenters. The maximum atomic E-state index is 6.09. The summed E-state index contributed by atoms with van der Waals surface area (Å²) >= 11 is 1.76. The number of benzene rings is 1. The topological polar surface area (TPSA) is 37.7 Å². The molecule has 0 amide bonds. The van der Waals surface area contributed by atoms with Crippen molar-refractivity contribution in [2.75, 3.05) is 19.7 Å². The lowest BCUT2D eigenvalue weighted by Crippen LogP contribution is -2.29. The predicted molar refractivity (Wildman–Crippen MR) is 121 cm³/mol. The third-order valence-electron chi connectivity index (χ3n) is 5.89. The van der Waals surface area contributed by atoms with Gasteiger partial charge in [0.2, 0.25) is 0 Å². The molecule has 4 nitrogen and oxygen atoms in total. The number of allylic oxidation sites excluding steroid dienone is 1. The van der Waals surface area contributed by atoms with Crippen molar-refractivity contribution < 1.29 is 4.74 Å². The fourth-order valence-electron chi connectivity index (χ4n) is 4.10. The number of piperidine rings is 1. The predicted octanol–water partition coefficient (Wildman–Crippen LogP) is 5.44. The highest BCUT2D eigenvalue weighted by molar-refractivity contribution is 7.11. The van der Waals surface area contributed by atoms with E-state index in [2.05, 4.69) is 49.1 Å². The van der Waals surface area contributed by atoms with Crippen LogP contribution in [-0.4, -0.2) is 35.8 Å². The molecule has 2 aromatic rings. The molecule has 2 aliphatic rings. The van der Waals surface area contributed by atoms with Crippen molar-refractivity contribution in [3.05, 3.63) is 57.6 Å². The number of aryl methyl sites for hydroxylation is 2. The maximum Gasteiger partial charge on any atom is 0.131 e. The minimum absolute atomic E-state index is 0.302. The van der Waals surface area contributed by atoms with Gasteiger partial charge in [0, 0.05) is 17.6 Å². The summed E-state index contributed by atoms with van der Waals surface area (Å²) in [5.74, 6) is 0.972. The second-order valence-corrected chi connectivity index (χ2v) is 9.36. The van der Waals surface area contributed by atoms with E-state index in [0.717, 1.165) is 35.8 Å². The summed E-state index contributed by atoms with van der Waals surface area (Å²) in [4.78, 5) is 13.4. The van der Waals surface area contributed by atoms with E-state index in [0.29, 0.717) is 6.61 Å². The van der Waals surface area contributed by atoms with Gasteiger partial charge in [-0.15, -0.1) is 11.3 Å². The molecule has 0 bridgehead atoms. The average molecular weight is 410 g/mol. The number of likely N-dealkylation sites (tertiary alicyclic amines) is 1. The summed E-state index contributed by atoms with van der Waals surface area (Å²) in [6, 6.07) is 8.59. The van der Waals surface area contributed by atoms with Crippen LogP contribution in [0.5, 0.6) is 5.75 Å². The Balaban J connectivity index is 1.31. The fraction of sp³-hybridized carbons (Fsp3) is 0.500. The Bertz CT molecular complexity index is 849. The van der Waals surface area contributed by atoms with E-state index in [1.165, 1.54) is 42.8 Å². The molecule has 5 heteroatoms. The lowest BCUT2D eigenvalue weighted by molar-refractivity contribution is 0.220. The second-order valence-electron chi connectivity index (χ2n) is 8.16. The number of rotatable bonds is 8. The lowest BCUT2D eigenvalue weighted by Gasteiger charge is -2.26. The summed E-state index contributed by atoms with van der Waals surface area (Å²) in [6.45, 7) is 8.37. The van der Waals surface area contributed by atoms with E-state index in [4.69, 9.17) is 14.7 Å². The van der Waals surface area contributed by atoms with Crippen LogP contribution in [0.4, 0.5) is 0 Å². The van der Waals surface area contributed by atoms with Crippen LogP contribution in [0.1, 0.15) is 53.2 Å². The van der Waals surface area contributed by atoms with Gasteiger partial charge in [0.25, 0.3) is 0 Å². The number of aromatic nitrogens is 1. The Hall–Kier alpha value is -1.98. The number of aliphatic imine (C=N–C) groups is 1. The first kappa shape index (κ1) is 20.3. The van der Waals surface area contributed by atoms with Gasteiger partial charge in [0.1, 0.15) is 16.3 Å². The van der Waals surface area contributed by atoms with Crippen molar-refractivity contribution >= 4 is 17.6 Å². The molecule has 0 radical (unpaired) electrons. The monoisotopic (exact) mass is 409 g/mol. The van der Waals surface area contributed by atoms with Crippen molar-refractivity contribution in [3.63, 3.8) is 0 Å². The van der Waals surface area contributed by atoms with Crippen LogP contribution in [-0.2, 0) is 12.1 Å². The number of nitrogens with zero attached hydrogens (tertiary/aromatic N) is 3. The van der Waals surface area contributed by atoms with Crippen LogP contribution in [0.15, 0.2) is 41.4 Å². The molecule has 0 aliphatic carbocycles.